The zero-order chi connectivity index (χ0) is 17.7. The van der Waals surface area contributed by atoms with Crippen LogP contribution in [0.5, 0.6) is 0 Å². The van der Waals surface area contributed by atoms with Gasteiger partial charge in [0.05, 0.1) is 17.7 Å². The first-order valence-electron chi connectivity index (χ1n) is 7.78. The Bertz CT molecular complexity index is 586. The Morgan fingerprint density at radius 3 is 2.92 bits per heavy atom. The highest BCUT2D eigenvalue weighted by atomic mass is 35.5. The predicted molar refractivity (Wildman–Crippen MR) is 84.7 cm³/mol. The molecule has 1 aromatic rings. The number of amides is 1. The number of halogens is 4. The second-order valence-electron chi connectivity index (χ2n) is 5.70. The fourth-order valence-electron chi connectivity index (χ4n) is 2.54. The molecule has 0 spiro atoms. The lowest BCUT2D eigenvalue weighted by Gasteiger charge is -2.26. The van der Waals surface area contributed by atoms with Crippen molar-refractivity contribution in [2.45, 2.75) is 25.4 Å². The van der Waals surface area contributed by atoms with E-state index in [1.807, 2.05) is 0 Å². The van der Waals surface area contributed by atoms with Crippen molar-refractivity contribution < 1.29 is 22.7 Å². The van der Waals surface area contributed by atoms with Crippen LogP contribution in [-0.4, -0.2) is 38.1 Å². The summed E-state index contributed by atoms with van der Waals surface area (Å²) >= 11 is 5.69. The first-order chi connectivity index (χ1) is 11.3. The monoisotopic (exact) mass is 364 g/mol. The molecule has 1 fully saturated rings. The van der Waals surface area contributed by atoms with Gasteiger partial charge in [-0.05, 0) is 17.7 Å². The summed E-state index contributed by atoms with van der Waals surface area (Å²) in [6, 6.07) is 4.33. The maximum Gasteiger partial charge on any atom is 0.324 e. The van der Waals surface area contributed by atoms with Gasteiger partial charge >= 0.3 is 5.92 Å². The Morgan fingerprint density at radius 2 is 2.25 bits per heavy atom. The summed E-state index contributed by atoms with van der Waals surface area (Å²) in [4.78, 5) is 11.6. The lowest BCUT2D eigenvalue weighted by molar-refractivity contribution is -0.146. The molecule has 2 N–H and O–H groups in total. The molecular formula is C16H20ClF3N2O2. The molecule has 1 aliphatic rings. The molecule has 0 saturated carbocycles. The fourth-order valence-corrected chi connectivity index (χ4v) is 2.66. The van der Waals surface area contributed by atoms with Crippen LogP contribution in [0.4, 0.5) is 13.2 Å². The number of ether oxygens (including phenoxy) is 1. The fraction of sp³-hybridized carbons (Fsp3) is 0.562. The van der Waals surface area contributed by atoms with E-state index in [1.54, 1.807) is 6.07 Å². The van der Waals surface area contributed by atoms with E-state index in [-0.39, 0.29) is 17.5 Å². The molecule has 1 aliphatic heterocycles. The average Bonchev–Trinajstić information content (AvgIpc) is 2.80. The van der Waals surface area contributed by atoms with Gasteiger partial charge in [0, 0.05) is 32.0 Å². The molecule has 4 nitrogen and oxygen atoms in total. The van der Waals surface area contributed by atoms with Gasteiger partial charge in [0.15, 0.2) is 0 Å². The van der Waals surface area contributed by atoms with Crippen molar-refractivity contribution in [1.82, 2.24) is 10.6 Å². The Hall–Kier alpha value is -1.31. The van der Waals surface area contributed by atoms with Gasteiger partial charge in [0.25, 0.3) is 5.91 Å². The molecule has 1 amide bonds. The van der Waals surface area contributed by atoms with Gasteiger partial charge in [-0.3, -0.25) is 4.79 Å². The van der Waals surface area contributed by atoms with Crippen LogP contribution in [0, 0.1) is 11.7 Å². The average molecular weight is 365 g/mol. The third kappa shape index (κ3) is 4.62. The van der Waals surface area contributed by atoms with Crippen molar-refractivity contribution in [2.24, 2.45) is 5.92 Å². The number of hydrogen-bond acceptors (Lipinski definition) is 3. The summed E-state index contributed by atoms with van der Waals surface area (Å²) in [6.07, 6.45) is -1.09. The molecule has 1 heterocycles. The number of hydrogen-bond donors (Lipinski definition) is 2. The second kappa shape index (κ2) is 8.18. The van der Waals surface area contributed by atoms with E-state index >= 15 is 0 Å². The van der Waals surface area contributed by atoms with Gasteiger partial charge < -0.3 is 15.4 Å². The highest BCUT2D eigenvalue weighted by Crippen LogP contribution is 2.29. The molecule has 0 bridgehead atoms. The van der Waals surface area contributed by atoms with Crippen LogP contribution >= 0.6 is 11.6 Å². The summed E-state index contributed by atoms with van der Waals surface area (Å²) < 4.78 is 46.2. The molecule has 134 valence electrons. The maximum absolute atomic E-state index is 13.7. The molecule has 0 aliphatic carbocycles. The molecule has 1 saturated heterocycles. The number of carbonyl (C=O) groups is 1. The van der Waals surface area contributed by atoms with Crippen molar-refractivity contribution >= 4 is 17.5 Å². The maximum atomic E-state index is 13.7. The van der Waals surface area contributed by atoms with Crippen molar-refractivity contribution in [3.8, 4) is 0 Å². The minimum absolute atomic E-state index is 0.00191. The van der Waals surface area contributed by atoms with Crippen molar-refractivity contribution in [1.29, 1.82) is 0 Å². The van der Waals surface area contributed by atoms with Gasteiger partial charge in [-0.25, -0.2) is 4.39 Å². The van der Waals surface area contributed by atoms with Gasteiger partial charge in [-0.2, -0.15) is 8.78 Å². The molecular weight excluding hydrogens is 345 g/mol. The quantitative estimate of drug-likeness (QED) is 0.844. The van der Waals surface area contributed by atoms with Crippen LogP contribution in [0.25, 0.3) is 0 Å². The van der Waals surface area contributed by atoms with E-state index in [4.69, 9.17) is 16.3 Å². The minimum Gasteiger partial charge on any atom is -0.372 e. The Balaban J connectivity index is 2.12. The lowest BCUT2D eigenvalue weighted by atomic mass is 9.95. The van der Waals surface area contributed by atoms with Crippen LogP contribution in [0.1, 0.15) is 25.0 Å². The normalized spacial score (nSPS) is 22.0. The van der Waals surface area contributed by atoms with Crippen LogP contribution in [0.15, 0.2) is 18.2 Å². The summed E-state index contributed by atoms with van der Waals surface area (Å²) in [5.74, 6) is -5.60. The minimum atomic E-state index is -3.40. The summed E-state index contributed by atoms with van der Waals surface area (Å²) in [5.41, 5.74) is 0.558. The SMILES string of the molecule is CCC(F)(F)C(=O)NC[C@@H]1CNCCO[C@H]1c1ccc(Cl)c(F)c1. The molecule has 0 unspecified atom stereocenters. The molecule has 2 atom stereocenters. The Labute approximate surface area is 143 Å². The Kier molecular flexibility index (Phi) is 6.48. The van der Waals surface area contributed by atoms with Crippen LogP contribution in [-0.2, 0) is 9.53 Å². The molecule has 8 heteroatoms. The standard InChI is InChI=1S/C16H20ClF3N2O2/c1-2-16(19,20)15(23)22-9-11-8-21-5-6-24-14(11)10-3-4-12(17)13(18)7-10/h3-4,7,11,14,21H,2,5-6,8-9H2,1H3,(H,22,23)/t11-,14-/m0/s1. The van der Waals surface area contributed by atoms with Crippen molar-refractivity contribution in [2.75, 3.05) is 26.2 Å². The summed E-state index contributed by atoms with van der Waals surface area (Å²) in [7, 11) is 0. The largest absolute Gasteiger partial charge is 0.372 e. The zero-order valence-electron chi connectivity index (χ0n) is 13.3. The molecule has 24 heavy (non-hydrogen) atoms. The van der Waals surface area contributed by atoms with Crippen molar-refractivity contribution in [3.63, 3.8) is 0 Å². The summed E-state index contributed by atoms with van der Waals surface area (Å²) in [6.45, 7) is 2.67. The number of carbonyl (C=O) groups excluding carboxylic acids is 1. The highest BCUT2D eigenvalue weighted by molar-refractivity contribution is 6.30. The van der Waals surface area contributed by atoms with Crippen LogP contribution in [0.2, 0.25) is 5.02 Å². The third-order valence-corrected chi connectivity index (χ3v) is 4.29. The van der Waals surface area contributed by atoms with Crippen molar-refractivity contribution in [3.05, 3.63) is 34.6 Å². The third-order valence-electron chi connectivity index (χ3n) is 3.98. The second-order valence-corrected chi connectivity index (χ2v) is 6.10. The van der Waals surface area contributed by atoms with Crippen LogP contribution in [0.3, 0.4) is 0 Å². The van der Waals surface area contributed by atoms with Gasteiger partial charge in [0.2, 0.25) is 0 Å². The van der Waals surface area contributed by atoms with Gasteiger partial charge in [-0.15, -0.1) is 0 Å². The van der Waals surface area contributed by atoms with E-state index in [0.29, 0.717) is 25.3 Å². The first-order valence-corrected chi connectivity index (χ1v) is 8.16. The zero-order valence-corrected chi connectivity index (χ0v) is 14.0. The number of benzene rings is 1. The smallest absolute Gasteiger partial charge is 0.324 e. The number of nitrogens with one attached hydrogen (secondary N) is 2. The summed E-state index contributed by atoms with van der Waals surface area (Å²) in [5, 5.41) is 5.38. The molecule has 0 radical (unpaired) electrons. The van der Waals surface area contributed by atoms with Crippen LogP contribution < -0.4 is 10.6 Å². The Morgan fingerprint density at radius 1 is 1.50 bits per heavy atom. The van der Waals surface area contributed by atoms with E-state index in [9.17, 15) is 18.0 Å². The van der Waals surface area contributed by atoms with E-state index in [0.717, 1.165) is 0 Å². The molecule has 1 aromatic carbocycles. The predicted octanol–water partition coefficient (Wildman–Crippen LogP) is 2.92. The van der Waals surface area contributed by atoms with E-state index < -0.39 is 30.2 Å². The van der Waals surface area contributed by atoms with Gasteiger partial charge in [0.1, 0.15) is 5.82 Å². The number of alkyl halides is 2. The molecule has 0 aromatic heterocycles. The molecule has 2 rings (SSSR count). The number of rotatable bonds is 5. The first kappa shape index (κ1) is 19.0. The van der Waals surface area contributed by atoms with E-state index in [2.05, 4.69) is 10.6 Å². The highest BCUT2D eigenvalue weighted by Gasteiger charge is 2.37. The van der Waals surface area contributed by atoms with E-state index in [1.165, 1.54) is 19.1 Å². The lowest BCUT2D eigenvalue weighted by Crippen LogP contribution is -2.44. The topological polar surface area (TPSA) is 50.4 Å². The van der Waals surface area contributed by atoms with Gasteiger partial charge in [-0.1, -0.05) is 24.6 Å².